The number of carbonyl (C=O) groups excluding carboxylic acids is 1. The SMILES string of the molecule is C[C@@H](NC(=O)N1CCCCCCC1)c1ccccc1O. The van der Waals surface area contributed by atoms with Crippen LogP contribution in [0.2, 0.25) is 0 Å². The highest BCUT2D eigenvalue weighted by Gasteiger charge is 2.18. The summed E-state index contributed by atoms with van der Waals surface area (Å²) in [5.41, 5.74) is 0.757. The fraction of sp³-hybridized carbons (Fsp3) is 0.562. The largest absolute Gasteiger partial charge is 0.508 e. The lowest BCUT2D eigenvalue weighted by molar-refractivity contribution is 0.189. The van der Waals surface area contributed by atoms with Gasteiger partial charge in [-0.1, -0.05) is 37.5 Å². The standard InChI is InChI=1S/C16H24N2O2/c1-13(14-9-5-6-10-15(14)19)17-16(20)18-11-7-3-2-4-8-12-18/h5-6,9-10,13,19H,2-4,7-8,11-12H2,1H3,(H,17,20)/t13-/m1/s1. The van der Waals surface area contributed by atoms with Crippen LogP contribution in [0.3, 0.4) is 0 Å². The van der Waals surface area contributed by atoms with Gasteiger partial charge in [0.05, 0.1) is 6.04 Å². The molecule has 0 bridgehead atoms. The average Bonchev–Trinajstić information content (AvgIpc) is 2.38. The zero-order valence-electron chi connectivity index (χ0n) is 12.1. The zero-order chi connectivity index (χ0) is 14.4. The molecule has 4 heteroatoms. The highest BCUT2D eigenvalue weighted by molar-refractivity contribution is 5.74. The van der Waals surface area contributed by atoms with E-state index in [0.717, 1.165) is 31.5 Å². The fourth-order valence-corrected chi connectivity index (χ4v) is 2.66. The molecule has 1 aliphatic rings. The molecule has 0 aliphatic carbocycles. The molecule has 0 saturated carbocycles. The first-order chi connectivity index (χ1) is 9.68. The van der Waals surface area contributed by atoms with Crippen molar-refractivity contribution in [2.45, 2.75) is 45.1 Å². The third-order valence-electron chi connectivity index (χ3n) is 3.89. The van der Waals surface area contributed by atoms with Crippen molar-refractivity contribution in [2.75, 3.05) is 13.1 Å². The van der Waals surface area contributed by atoms with Crippen LogP contribution in [-0.4, -0.2) is 29.1 Å². The third-order valence-corrected chi connectivity index (χ3v) is 3.89. The Labute approximate surface area is 120 Å². The molecule has 0 aromatic heterocycles. The van der Waals surface area contributed by atoms with Crippen molar-refractivity contribution in [2.24, 2.45) is 0 Å². The first kappa shape index (κ1) is 14.7. The summed E-state index contributed by atoms with van der Waals surface area (Å²) in [6.07, 6.45) is 5.86. The second kappa shape index (κ2) is 7.17. The van der Waals surface area contributed by atoms with Crippen LogP contribution < -0.4 is 5.32 Å². The number of benzene rings is 1. The minimum absolute atomic E-state index is 0.0253. The van der Waals surface area contributed by atoms with Gasteiger partial charge >= 0.3 is 6.03 Å². The van der Waals surface area contributed by atoms with Crippen molar-refractivity contribution in [1.29, 1.82) is 0 Å². The molecule has 0 spiro atoms. The number of para-hydroxylation sites is 1. The van der Waals surface area contributed by atoms with Crippen molar-refractivity contribution in [3.05, 3.63) is 29.8 Å². The maximum Gasteiger partial charge on any atom is 0.317 e. The van der Waals surface area contributed by atoms with Crippen LogP contribution in [0.4, 0.5) is 4.79 Å². The number of nitrogens with one attached hydrogen (secondary N) is 1. The molecule has 0 unspecified atom stereocenters. The highest BCUT2D eigenvalue weighted by atomic mass is 16.3. The van der Waals surface area contributed by atoms with Crippen LogP contribution in [0.25, 0.3) is 0 Å². The minimum Gasteiger partial charge on any atom is -0.508 e. The Hall–Kier alpha value is -1.71. The van der Waals surface area contributed by atoms with E-state index < -0.39 is 0 Å². The molecule has 1 atom stereocenters. The lowest BCUT2D eigenvalue weighted by Gasteiger charge is -2.27. The molecule has 1 heterocycles. The predicted octanol–water partition coefficient (Wildman–Crippen LogP) is 3.43. The first-order valence-corrected chi connectivity index (χ1v) is 7.52. The van der Waals surface area contributed by atoms with Crippen LogP contribution in [0.1, 0.15) is 50.6 Å². The fourth-order valence-electron chi connectivity index (χ4n) is 2.66. The van der Waals surface area contributed by atoms with Crippen LogP contribution >= 0.6 is 0 Å². The Morgan fingerprint density at radius 3 is 2.40 bits per heavy atom. The molecule has 20 heavy (non-hydrogen) atoms. The quantitative estimate of drug-likeness (QED) is 0.869. The summed E-state index contributed by atoms with van der Waals surface area (Å²) in [4.78, 5) is 14.2. The van der Waals surface area contributed by atoms with Crippen LogP contribution in [0, 0.1) is 0 Å². The summed E-state index contributed by atoms with van der Waals surface area (Å²) < 4.78 is 0. The van der Waals surface area contributed by atoms with Crippen LogP contribution in [0.15, 0.2) is 24.3 Å². The van der Waals surface area contributed by atoms with E-state index in [-0.39, 0.29) is 17.8 Å². The Kier molecular flexibility index (Phi) is 5.27. The van der Waals surface area contributed by atoms with Crippen molar-refractivity contribution in [3.63, 3.8) is 0 Å². The Balaban J connectivity index is 1.94. The van der Waals surface area contributed by atoms with Gasteiger partial charge in [0.15, 0.2) is 0 Å². The number of rotatable bonds is 2. The predicted molar refractivity (Wildman–Crippen MR) is 79.7 cm³/mol. The van der Waals surface area contributed by atoms with Gasteiger partial charge in [0.25, 0.3) is 0 Å². The van der Waals surface area contributed by atoms with Gasteiger partial charge in [-0.25, -0.2) is 4.79 Å². The van der Waals surface area contributed by atoms with Gasteiger partial charge in [-0.2, -0.15) is 0 Å². The maximum atomic E-state index is 12.3. The summed E-state index contributed by atoms with van der Waals surface area (Å²) >= 11 is 0. The maximum absolute atomic E-state index is 12.3. The summed E-state index contributed by atoms with van der Waals surface area (Å²) in [5.74, 6) is 0.230. The number of hydrogen-bond donors (Lipinski definition) is 2. The Morgan fingerprint density at radius 2 is 1.75 bits per heavy atom. The molecular weight excluding hydrogens is 252 g/mol. The number of nitrogens with zero attached hydrogens (tertiary/aromatic N) is 1. The smallest absolute Gasteiger partial charge is 0.317 e. The lowest BCUT2D eigenvalue weighted by atomic mass is 10.1. The topological polar surface area (TPSA) is 52.6 Å². The molecule has 1 fully saturated rings. The monoisotopic (exact) mass is 276 g/mol. The Bertz CT molecular complexity index is 440. The van der Waals surface area contributed by atoms with E-state index in [0.29, 0.717) is 0 Å². The van der Waals surface area contributed by atoms with Crippen LogP contribution in [-0.2, 0) is 0 Å². The lowest BCUT2D eigenvalue weighted by Crippen LogP contribution is -2.42. The van der Waals surface area contributed by atoms with Crippen molar-refractivity contribution < 1.29 is 9.90 Å². The number of urea groups is 1. The summed E-state index contributed by atoms with van der Waals surface area (Å²) in [6, 6.07) is 6.93. The van der Waals surface area contributed by atoms with Crippen molar-refractivity contribution in [1.82, 2.24) is 10.2 Å². The van der Waals surface area contributed by atoms with E-state index >= 15 is 0 Å². The molecular formula is C16H24N2O2. The number of aromatic hydroxyl groups is 1. The number of amides is 2. The Morgan fingerprint density at radius 1 is 1.15 bits per heavy atom. The van der Waals surface area contributed by atoms with E-state index in [1.807, 2.05) is 24.0 Å². The molecule has 110 valence electrons. The van der Waals surface area contributed by atoms with E-state index in [4.69, 9.17) is 0 Å². The number of carbonyl (C=O) groups is 1. The first-order valence-electron chi connectivity index (χ1n) is 7.52. The number of phenols is 1. The van der Waals surface area contributed by atoms with E-state index in [2.05, 4.69) is 5.32 Å². The van der Waals surface area contributed by atoms with E-state index in [1.54, 1.807) is 12.1 Å². The molecule has 2 rings (SSSR count). The second-order valence-corrected chi connectivity index (χ2v) is 5.48. The van der Waals surface area contributed by atoms with Crippen molar-refractivity contribution >= 4 is 6.03 Å². The van der Waals surface area contributed by atoms with Gasteiger partial charge in [0.1, 0.15) is 5.75 Å². The zero-order valence-corrected chi connectivity index (χ0v) is 12.1. The van der Waals surface area contributed by atoms with Crippen LogP contribution in [0.5, 0.6) is 5.75 Å². The summed E-state index contributed by atoms with van der Waals surface area (Å²) in [7, 11) is 0. The van der Waals surface area contributed by atoms with E-state index in [9.17, 15) is 9.90 Å². The van der Waals surface area contributed by atoms with Gasteiger partial charge < -0.3 is 15.3 Å². The molecule has 1 aromatic rings. The molecule has 2 amide bonds. The summed E-state index contributed by atoms with van der Waals surface area (Å²) in [5, 5.41) is 12.8. The highest BCUT2D eigenvalue weighted by Crippen LogP contribution is 2.23. The van der Waals surface area contributed by atoms with Gasteiger partial charge in [0, 0.05) is 18.7 Å². The van der Waals surface area contributed by atoms with Gasteiger partial charge in [-0.05, 0) is 25.8 Å². The van der Waals surface area contributed by atoms with Gasteiger partial charge in [0.2, 0.25) is 0 Å². The van der Waals surface area contributed by atoms with E-state index in [1.165, 1.54) is 19.3 Å². The molecule has 0 radical (unpaired) electrons. The summed E-state index contributed by atoms with van der Waals surface area (Å²) in [6.45, 7) is 3.57. The number of hydrogen-bond acceptors (Lipinski definition) is 2. The molecule has 2 N–H and O–H groups in total. The molecule has 4 nitrogen and oxygen atoms in total. The molecule has 1 aliphatic heterocycles. The normalized spacial score (nSPS) is 17.9. The molecule has 1 aromatic carbocycles. The van der Waals surface area contributed by atoms with Crippen molar-refractivity contribution in [3.8, 4) is 5.75 Å². The van der Waals surface area contributed by atoms with Gasteiger partial charge in [-0.15, -0.1) is 0 Å². The number of likely N-dealkylation sites (tertiary alicyclic amines) is 1. The number of phenolic OH excluding ortho intramolecular Hbond substituents is 1. The third kappa shape index (κ3) is 3.89. The second-order valence-electron chi connectivity index (χ2n) is 5.48. The molecule has 1 saturated heterocycles. The van der Waals surface area contributed by atoms with Gasteiger partial charge in [-0.3, -0.25) is 0 Å². The average molecular weight is 276 g/mol. The minimum atomic E-state index is -0.186.